The lowest BCUT2D eigenvalue weighted by Gasteiger charge is -2.46. The Balaban J connectivity index is 1.71. The lowest BCUT2D eigenvalue weighted by Crippen LogP contribution is -2.63. The number of aliphatic hydroxyl groups is 2. The first kappa shape index (κ1) is 26.4. The highest BCUT2D eigenvalue weighted by atomic mass is 16.7. The van der Waals surface area contributed by atoms with E-state index in [4.69, 9.17) is 14.2 Å². The Morgan fingerprint density at radius 2 is 1.83 bits per heavy atom. The smallest absolute Gasteiger partial charge is 0.229 e. The maximum Gasteiger partial charge on any atom is 0.229 e. The Bertz CT molecular complexity index is 1110. The van der Waals surface area contributed by atoms with Gasteiger partial charge in [-0.15, -0.1) is 0 Å². The third-order valence-corrected chi connectivity index (χ3v) is 7.12. The van der Waals surface area contributed by atoms with Gasteiger partial charge >= 0.3 is 0 Å². The van der Waals surface area contributed by atoms with E-state index in [1.165, 1.54) is 7.11 Å². The van der Waals surface area contributed by atoms with Crippen molar-refractivity contribution in [1.82, 2.24) is 5.32 Å². The third kappa shape index (κ3) is 5.49. The minimum atomic E-state index is -1.28. The van der Waals surface area contributed by atoms with E-state index in [2.05, 4.69) is 42.6 Å². The number of benzene rings is 2. The molecule has 2 unspecified atom stereocenters. The molecule has 1 fully saturated rings. The van der Waals surface area contributed by atoms with Crippen molar-refractivity contribution in [3.8, 4) is 16.9 Å². The summed E-state index contributed by atoms with van der Waals surface area (Å²) in [4.78, 5) is 11.9. The molecule has 0 bridgehead atoms. The zero-order chi connectivity index (χ0) is 26.0. The first-order valence-electron chi connectivity index (χ1n) is 12.5. The number of aryl methyl sites for hydroxylation is 1. The van der Waals surface area contributed by atoms with Crippen LogP contribution in [0.4, 0.5) is 0 Å². The number of nitrogens with one attached hydrogen (secondary N) is 1. The lowest BCUT2D eigenvalue weighted by molar-refractivity contribution is -0.305. The van der Waals surface area contributed by atoms with Crippen molar-refractivity contribution in [2.75, 3.05) is 7.11 Å². The summed E-state index contributed by atoms with van der Waals surface area (Å²) < 4.78 is 17.5. The van der Waals surface area contributed by atoms with Gasteiger partial charge in [-0.1, -0.05) is 48.0 Å². The number of hydrogen-bond donors (Lipinski definition) is 3. The van der Waals surface area contributed by atoms with Crippen LogP contribution < -0.4 is 10.1 Å². The van der Waals surface area contributed by atoms with Gasteiger partial charge in [0.25, 0.3) is 0 Å². The maximum absolute atomic E-state index is 11.9. The van der Waals surface area contributed by atoms with Crippen LogP contribution in [0, 0.1) is 6.92 Å². The van der Waals surface area contributed by atoms with Crippen LogP contribution >= 0.6 is 0 Å². The molecule has 2 aromatic rings. The highest BCUT2D eigenvalue weighted by Gasteiger charge is 2.50. The lowest BCUT2D eigenvalue weighted by atomic mass is 9.80. The van der Waals surface area contributed by atoms with E-state index in [0.717, 1.165) is 35.1 Å². The van der Waals surface area contributed by atoms with Crippen molar-refractivity contribution < 1.29 is 29.2 Å². The molecule has 1 saturated heterocycles. The summed E-state index contributed by atoms with van der Waals surface area (Å²) in [6, 6.07) is 14.1. The average Bonchev–Trinajstić information content (AvgIpc) is 2.82. The van der Waals surface area contributed by atoms with Crippen molar-refractivity contribution in [3.05, 3.63) is 65.7 Å². The van der Waals surface area contributed by atoms with Gasteiger partial charge in [0.05, 0.1) is 5.60 Å². The largest absolute Gasteiger partial charge is 0.462 e. The molecule has 194 valence electrons. The second-order valence-electron chi connectivity index (χ2n) is 10.3. The van der Waals surface area contributed by atoms with Crippen LogP contribution in [0.25, 0.3) is 11.1 Å². The molecule has 1 aliphatic carbocycles. The van der Waals surface area contributed by atoms with Crippen LogP contribution in [0.5, 0.6) is 5.75 Å². The van der Waals surface area contributed by atoms with Gasteiger partial charge < -0.3 is 29.7 Å². The van der Waals surface area contributed by atoms with Crippen molar-refractivity contribution in [3.63, 3.8) is 0 Å². The molecule has 6 atom stereocenters. The summed E-state index contributed by atoms with van der Waals surface area (Å²) >= 11 is 0. The fourth-order valence-electron chi connectivity index (χ4n) is 5.41. The van der Waals surface area contributed by atoms with Gasteiger partial charge in [-0.25, -0.2) is 0 Å². The Morgan fingerprint density at radius 3 is 2.53 bits per heavy atom. The van der Waals surface area contributed by atoms with Gasteiger partial charge in [-0.3, -0.25) is 4.79 Å². The zero-order valence-corrected chi connectivity index (χ0v) is 21.6. The summed E-state index contributed by atoms with van der Waals surface area (Å²) in [7, 11) is 1.48. The van der Waals surface area contributed by atoms with E-state index in [9.17, 15) is 15.0 Å². The quantitative estimate of drug-likeness (QED) is 0.527. The van der Waals surface area contributed by atoms with Crippen LogP contribution in [0.15, 0.2) is 54.6 Å². The number of methoxy groups -OCH3 is 1. The first-order chi connectivity index (χ1) is 17.1. The molecule has 3 N–H and O–H groups in total. The van der Waals surface area contributed by atoms with Gasteiger partial charge in [-0.05, 0) is 62.4 Å². The van der Waals surface area contributed by atoms with Gasteiger partial charge in [0, 0.05) is 26.0 Å². The van der Waals surface area contributed by atoms with Crippen LogP contribution in [0.3, 0.4) is 0 Å². The van der Waals surface area contributed by atoms with Crippen molar-refractivity contribution in [2.24, 2.45) is 0 Å². The Hall–Kier alpha value is -2.71. The van der Waals surface area contributed by atoms with Crippen LogP contribution in [-0.2, 0) is 14.3 Å². The number of amides is 1. The number of ether oxygens (including phenoxy) is 3. The number of aliphatic hydroxyl groups excluding tert-OH is 2. The van der Waals surface area contributed by atoms with Crippen LogP contribution in [0.2, 0.25) is 0 Å². The van der Waals surface area contributed by atoms with Gasteiger partial charge in [0.2, 0.25) is 12.2 Å². The molecule has 7 heteroatoms. The standard InChI is InChI=1S/C29H37NO6/c1-17-9-8-10-19(15-17)23-16-20(35-28-26(33)25(32)27(34-5)29(3,4)36-28)13-14-21(23)22-11-6-7-12-24(22)30-18(2)31/h6-10,13-16,22,24-28,32-33H,11-12H2,1-5H3,(H,30,31)/t22?,24?,25-,26+,27+,28+/m0/s1. The molecule has 0 radical (unpaired) electrons. The fraction of sp³-hybridized carbons (Fsp3) is 0.483. The van der Waals surface area contributed by atoms with Gasteiger partial charge in [0.15, 0.2) is 0 Å². The summed E-state index contributed by atoms with van der Waals surface area (Å²) in [6.45, 7) is 7.20. The molecular formula is C29H37NO6. The maximum atomic E-state index is 11.9. The van der Waals surface area contributed by atoms with E-state index >= 15 is 0 Å². The second kappa shape index (κ2) is 10.7. The number of rotatable bonds is 6. The summed E-state index contributed by atoms with van der Waals surface area (Å²) in [5, 5.41) is 24.4. The van der Waals surface area contributed by atoms with Crippen LogP contribution in [-0.4, -0.2) is 59.5 Å². The molecule has 2 aromatic carbocycles. The van der Waals surface area contributed by atoms with Gasteiger partial charge in [0.1, 0.15) is 24.1 Å². The predicted molar refractivity (Wildman–Crippen MR) is 138 cm³/mol. The molecule has 0 saturated carbocycles. The molecule has 4 rings (SSSR count). The minimum absolute atomic E-state index is 0.00625. The van der Waals surface area contributed by atoms with E-state index < -0.39 is 30.2 Å². The number of allylic oxidation sites excluding steroid dienone is 1. The molecule has 7 nitrogen and oxygen atoms in total. The molecule has 2 aliphatic rings. The highest BCUT2D eigenvalue weighted by Crippen LogP contribution is 2.40. The topological polar surface area (TPSA) is 97.3 Å². The number of hydrogen-bond acceptors (Lipinski definition) is 6. The molecule has 1 amide bonds. The number of carbonyl (C=O) groups excluding carboxylic acids is 1. The van der Waals surface area contributed by atoms with Crippen LogP contribution in [0.1, 0.15) is 50.7 Å². The molecule has 1 heterocycles. The van der Waals surface area contributed by atoms with Crippen molar-refractivity contribution >= 4 is 5.91 Å². The van der Waals surface area contributed by atoms with Crippen molar-refractivity contribution in [2.45, 2.75) is 82.7 Å². The minimum Gasteiger partial charge on any atom is -0.462 e. The first-order valence-corrected chi connectivity index (χ1v) is 12.5. The summed E-state index contributed by atoms with van der Waals surface area (Å²) in [5.74, 6) is 0.570. The Morgan fingerprint density at radius 1 is 1.08 bits per heavy atom. The normalized spacial score (nSPS) is 29.5. The van der Waals surface area contributed by atoms with Gasteiger partial charge in [-0.2, -0.15) is 0 Å². The molecule has 36 heavy (non-hydrogen) atoms. The molecule has 0 aromatic heterocycles. The summed E-state index contributed by atoms with van der Waals surface area (Å²) in [6.07, 6.45) is 1.66. The molecule has 1 aliphatic heterocycles. The summed E-state index contributed by atoms with van der Waals surface area (Å²) in [5.41, 5.74) is 3.41. The fourth-order valence-corrected chi connectivity index (χ4v) is 5.41. The monoisotopic (exact) mass is 495 g/mol. The van der Waals surface area contributed by atoms with E-state index in [0.29, 0.717) is 5.75 Å². The van der Waals surface area contributed by atoms with E-state index in [1.54, 1.807) is 20.8 Å². The Kier molecular flexibility index (Phi) is 7.85. The SMILES string of the molecule is CO[C@@H]1[C@@H](O)[C@@H](O)[C@H](Oc2ccc(C3CC=CCC3NC(C)=O)c(-c3cccc(C)c3)c2)OC1(C)C. The van der Waals surface area contributed by atoms with E-state index in [1.807, 2.05) is 24.3 Å². The Labute approximate surface area is 213 Å². The predicted octanol–water partition coefficient (Wildman–Crippen LogP) is 3.85. The highest BCUT2D eigenvalue weighted by molar-refractivity contribution is 5.74. The van der Waals surface area contributed by atoms with E-state index in [-0.39, 0.29) is 17.9 Å². The molecule has 0 spiro atoms. The number of carbonyl (C=O) groups is 1. The zero-order valence-electron chi connectivity index (χ0n) is 21.6. The molecular weight excluding hydrogens is 458 g/mol. The average molecular weight is 496 g/mol. The second-order valence-corrected chi connectivity index (χ2v) is 10.3. The third-order valence-electron chi connectivity index (χ3n) is 7.12. The van der Waals surface area contributed by atoms with Crippen molar-refractivity contribution in [1.29, 1.82) is 0 Å².